The van der Waals surface area contributed by atoms with Gasteiger partial charge in [-0.05, 0) is 31.0 Å². The monoisotopic (exact) mass is 227 g/mol. The zero-order valence-electron chi connectivity index (χ0n) is 9.44. The van der Waals surface area contributed by atoms with Crippen LogP contribution in [0.5, 0.6) is 0 Å². The zero-order valence-corrected chi connectivity index (χ0v) is 9.44. The lowest BCUT2D eigenvalue weighted by atomic mass is 9.99. The first-order valence-corrected chi connectivity index (χ1v) is 5.38. The molecule has 0 aliphatic carbocycles. The predicted molar refractivity (Wildman–Crippen MR) is 57.4 cm³/mol. The van der Waals surface area contributed by atoms with Gasteiger partial charge in [0.25, 0.3) is 0 Å². The van der Waals surface area contributed by atoms with Gasteiger partial charge < -0.3 is 10.1 Å². The molecule has 0 aromatic heterocycles. The van der Waals surface area contributed by atoms with E-state index in [-0.39, 0.29) is 11.7 Å². The van der Waals surface area contributed by atoms with Crippen LogP contribution in [0.25, 0.3) is 0 Å². The second-order valence-corrected chi connectivity index (χ2v) is 4.08. The largest absolute Gasteiger partial charge is 0.371 e. The summed E-state index contributed by atoms with van der Waals surface area (Å²) in [6, 6.07) is 1.38. The van der Waals surface area contributed by atoms with E-state index in [1.807, 2.05) is 0 Å². The van der Waals surface area contributed by atoms with Crippen molar-refractivity contribution in [3.05, 3.63) is 34.4 Å². The summed E-state index contributed by atoms with van der Waals surface area (Å²) >= 11 is 0. The molecule has 0 saturated carbocycles. The quantitative estimate of drug-likeness (QED) is 0.794. The summed E-state index contributed by atoms with van der Waals surface area (Å²) < 4.78 is 32.6. The third kappa shape index (κ3) is 1.95. The van der Waals surface area contributed by atoms with Crippen molar-refractivity contribution in [3.63, 3.8) is 0 Å². The molecule has 1 saturated heterocycles. The van der Waals surface area contributed by atoms with Crippen LogP contribution in [0.15, 0.2) is 6.07 Å². The number of hydrogen-bond donors (Lipinski definition) is 1. The van der Waals surface area contributed by atoms with Crippen LogP contribution in [0.3, 0.4) is 0 Å². The first-order chi connectivity index (χ1) is 7.61. The number of ether oxygens (including phenoxy) is 1. The van der Waals surface area contributed by atoms with Gasteiger partial charge in [-0.3, -0.25) is 0 Å². The van der Waals surface area contributed by atoms with Crippen LogP contribution < -0.4 is 5.32 Å². The predicted octanol–water partition coefficient (Wildman–Crippen LogP) is 2.24. The molecule has 0 bridgehead atoms. The van der Waals surface area contributed by atoms with E-state index in [1.54, 1.807) is 6.92 Å². The highest BCUT2D eigenvalue weighted by molar-refractivity contribution is 5.35. The number of rotatable bonds is 1. The Kier molecular flexibility index (Phi) is 3.21. The third-order valence-corrected chi connectivity index (χ3v) is 3.01. The van der Waals surface area contributed by atoms with Crippen molar-refractivity contribution >= 4 is 0 Å². The van der Waals surface area contributed by atoms with Crippen molar-refractivity contribution in [2.75, 3.05) is 19.7 Å². The molecule has 4 heteroatoms. The Hall–Kier alpha value is -1.00. The van der Waals surface area contributed by atoms with Crippen LogP contribution in [0.4, 0.5) is 8.78 Å². The van der Waals surface area contributed by atoms with E-state index in [9.17, 15) is 8.78 Å². The van der Waals surface area contributed by atoms with Crippen molar-refractivity contribution in [1.82, 2.24) is 5.32 Å². The molecule has 1 N–H and O–H groups in total. The van der Waals surface area contributed by atoms with Crippen LogP contribution in [0, 0.1) is 25.5 Å². The summed E-state index contributed by atoms with van der Waals surface area (Å²) in [5.41, 5.74) is 1.16. The fraction of sp³-hybridized carbons (Fsp3) is 0.500. The molecule has 88 valence electrons. The molecule has 16 heavy (non-hydrogen) atoms. The molecule has 0 spiro atoms. The number of hydrogen-bond acceptors (Lipinski definition) is 2. The van der Waals surface area contributed by atoms with Gasteiger partial charge in [-0.15, -0.1) is 0 Å². The van der Waals surface area contributed by atoms with Crippen LogP contribution in [-0.2, 0) is 4.74 Å². The van der Waals surface area contributed by atoms with Crippen LogP contribution >= 0.6 is 0 Å². The summed E-state index contributed by atoms with van der Waals surface area (Å²) in [6.45, 7) is 5.06. The standard InChI is InChI=1S/C12H15F2NO/c1-7-9(11-6-15-3-4-16-11)5-10(13)8(2)12(7)14/h5,11,15H,3-4,6H2,1-2H3. The van der Waals surface area contributed by atoms with Crippen LogP contribution in [0.2, 0.25) is 0 Å². The minimum Gasteiger partial charge on any atom is -0.371 e. The summed E-state index contributed by atoms with van der Waals surface area (Å²) in [6.07, 6.45) is -0.252. The van der Waals surface area contributed by atoms with Gasteiger partial charge in [-0.1, -0.05) is 0 Å². The molecule has 1 atom stereocenters. The van der Waals surface area contributed by atoms with Crippen LogP contribution in [-0.4, -0.2) is 19.7 Å². The highest BCUT2D eigenvalue weighted by Crippen LogP contribution is 2.27. The first kappa shape index (κ1) is 11.5. The Morgan fingerprint density at radius 3 is 2.69 bits per heavy atom. The van der Waals surface area contributed by atoms with Gasteiger partial charge in [0, 0.05) is 18.7 Å². The number of benzene rings is 1. The van der Waals surface area contributed by atoms with Gasteiger partial charge >= 0.3 is 0 Å². The molecule has 1 aromatic rings. The molecule has 2 nitrogen and oxygen atoms in total. The Labute approximate surface area is 93.6 Å². The summed E-state index contributed by atoms with van der Waals surface area (Å²) in [5, 5.41) is 3.14. The molecule has 1 aliphatic heterocycles. The van der Waals surface area contributed by atoms with Gasteiger partial charge in [-0.25, -0.2) is 8.78 Å². The number of halogens is 2. The average molecular weight is 227 g/mol. The molecular formula is C12H15F2NO. The molecule has 1 unspecified atom stereocenters. The molecule has 2 rings (SSSR count). The Morgan fingerprint density at radius 2 is 2.06 bits per heavy atom. The molecular weight excluding hydrogens is 212 g/mol. The van der Waals surface area contributed by atoms with Gasteiger partial charge in [0.1, 0.15) is 11.6 Å². The smallest absolute Gasteiger partial charge is 0.132 e. The fourth-order valence-corrected chi connectivity index (χ4v) is 1.97. The highest BCUT2D eigenvalue weighted by atomic mass is 19.1. The Bertz CT molecular complexity index is 400. The lowest BCUT2D eigenvalue weighted by molar-refractivity contribution is 0.0269. The SMILES string of the molecule is Cc1c(F)cc(C2CNCCO2)c(C)c1F. The van der Waals surface area contributed by atoms with Crippen molar-refractivity contribution < 1.29 is 13.5 Å². The number of morpholine rings is 1. The fourth-order valence-electron chi connectivity index (χ4n) is 1.97. The van der Waals surface area contributed by atoms with Crippen molar-refractivity contribution in [1.29, 1.82) is 0 Å². The Morgan fingerprint density at radius 1 is 1.31 bits per heavy atom. The maximum atomic E-state index is 13.7. The van der Waals surface area contributed by atoms with E-state index in [0.717, 1.165) is 6.54 Å². The van der Waals surface area contributed by atoms with Crippen LogP contribution in [0.1, 0.15) is 22.8 Å². The minimum absolute atomic E-state index is 0.0741. The average Bonchev–Trinajstić information content (AvgIpc) is 2.32. The van der Waals surface area contributed by atoms with Gasteiger partial charge in [-0.2, -0.15) is 0 Å². The Balaban J connectivity index is 2.40. The summed E-state index contributed by atoms with van der Waals surface area (Å²) in [4.78, 5) is 0. The van der Waals surface area contributed by atoms with E-state index in [0.29, 0.717) is 24.3 Å². The molecule has 1 fully saturated rings. The van der Waals surface area contributed by atoms with E-state index in [1.165, 1.54) is 13.0 Å². The molecule has 0 radical (unpaired) electrons. The summed E-state index contributed by atoms with van der Waals surface area (Å²) in [7, 11) is 0. The van der Waals surface area contributed by atoms with E-state index in [2.05, 4.69) is 5.32 Å². The van der Waals surface area contributed by atoms with E-state index < -0.39 is 11.6 Å². The van der Waals surface area contributed by atoms with E-state index >= 15 is 0 Å². The third-order valence-electron chi connectivity index (χ3n) is 3.01. The maximum Gasteiger partial charge on any atom is 0.132 e. The topological polar surface area (TPSA) is 21.3 Å². The van der Waals surface area contributed by atoms with Gasteiger partial charge in [0.2, 0.25) is 0 Å². The molecule has 0 amide bonds. The second kappa shape index (κ2) is 4.47. The lowest BCUT2D eigenvalue weighted by Gasteiger charge is -2.25. The lowest BCUT2D eigenvalue weighted by Crippen LogP contribution is -2.33. The normalized spacial score (nSPS) is 21.1. The molecule has 1 aromatic carbocycles. The number of nitrogens with one attached hydrogen (secondary N) is 1. The molecule has 1 aliphatic rings. The zero-order chi connectivity index (χ0) is 11.7. The minimum atomic E-state index is -0.507. The van der Waals surface area contributed by atoms with E-state index in [4.69, 9.17) is 4.74 Å². The highest BCUT2D eigenvalue weighted by Gasteiger charge is 2.21. The van der Waals surface area contributed by atoms with Gasteiger partial charge in [0.15, 0.2) is 0 Å². The first-order valence-electron chi connectivity index (χ1n) is 5.38. The van der Waals surface area contributed by atoms with Gasteiger partial charge in [0.05, 0.1) is 12.7 Å². The molecule has 1 heterocycles. The second-order valence-electron chi connectivity index (χ2n) is 4.08. The summed E-state index contributed by atoms with van der Waals surface area (Å²) in [5.74, 6) is -0.976. The maximum absolute atomic E-state index is 13.7. The van der Waals surface area contributed by atoms with Crippen molar-refractivity contribution in [2.24, 2.45) is 0 Å². The van der Waals surface area contributed by atoms with Crippen molar-refractivity contribution in [2.45, 2.75) is 20.0 Å². The van der Waals surface area contributed by atoms with Crippen molar-refractivity contribution in [3.8, 4) is 0 Å².